The van der Waals surface area contributed by atoms with Crippen molar-refractivity contribution in [3.63, 3.8) is 0 Å². The summed E-state index contributed by atoms with van der Waals surface area (Å²) in [6, 6.07) is 11.7. The molecule has 2 rings (SSSR count). The van der Waals surface area contributed by atoms with E-state index < -0.39 is 11.7 Å². The number of ether oxygens (including phenoxy) is 1. The van der Waals surface area contributed by atoms with Gasteiger partial charge in [-0.1, -0.05) is 18.2 Å². The lowest BCUT2D eigenvalue weighted by Gasteiger charge is -2.11. The highest BCUT2D eigenvalue weighted by atomic mass is 19.4. The van der Waals surface area contributed by atoms with Gasteiger partial charge in [-0.25, -0.2) is 0 Å². The number of nitrogens with two attached hydrogens (primary N) is 1. The molecule has 5 heteroatoms. The maximum absolute atomic E-state index is 12.4. The molecule has 0 heterocycles. The van der Waals surface area contributed by atoms with Crippen molar-refractivity contribution in [3.8, 4) is 11.5 Å². The Morgan fingerprint density at radius 3 is 2.16 bits per heavy atom. The fourth-order valence-electron chi connectivity index (χ4n) is 1.61. The van der Waals surface area contributed by atoms with Gasteiger partial charge in [0.2, 0.25) is 0 Å². The second kappa shape index (κ2) is 5.32. The number of hydrogen-bond acceptors (Lipinski definition) is 2. The first-order valence-electron chi connectivity index (χ1n) is 5.64. The number of alkyl halides is 3. The number of para-hydroxylation sites is 1. The second-order valence-electron chi connectivity index (χ2n) is 3.94. The fourth-order valence-corrected chi connectivity index (χ4v) is 1.61. The molecule has 2 nitrogen and oxygen atoms in total. The number of rotatable bonds is 3. The van der Waals surface area contributed by atoms with Crippen LogP contribution in [-0.4, -0.2) is 0 Å². The summed E-state index contributed by atoms with van der Waals surface area (Å²) in [6.45, 7) is 0.302. The Hall–Kier alpha value is -2.01. The molecule has 0 aliphatic carbocycles. The molecule has 2 aromatic rings. The maximum Gasteiger partial charge on any atom is 0.416 e. The topological polar surface area (TPSA) is 35.2 Å². The average Bonchev–Trinajstić information content (AvgIpc) is 2.39. The van der Waals surface area contributed by atoms with Gasteiger partial charge in [0.05, 0.1) is 5.56 Å². The highest BCUT2D eigenvalue weighted by Gasteiger charge is 2.30. The van der Waals surface area contributed by atoms with Gasteiger partial charge in [-0.05, 0) is 30.3 Å². The quantitative estimate of drug-likeness (QED) is 0.913. The number of hydrogen-bond donors (Lipinski definition) is 1. The summed E-state index contributed by atoms with van der Waals surface area (Å²) in [4.78, 5) is 0. The predicted molar refractivity (Wildman–Crippen MR) is 65.9 cm³/mol. The molecule has 0 aromatic heterocycles. The Bertz CT molecular complexity index is 549. The first-order valence-corrected chi connectivity index (χ1v) is 5.64. The van der Waals surface area contributed by atoms with Crippen LogP contribution in [0, 0.1) is 0 Å². The van der Waals surface area contributed by atoms with Crippen LogP contribution in [0.1, 0.15) is 11.1 Å². The summed E-state index contributed by atoms with van der Waals surface area (Å²) in [5.41, 5.74) is 5.65. The van der Waals surface area contributed by atoms with E-state index in [2.05, 4.69) is 0 Å². The lowest BCUT2D eigenvalue weighted by atomic mass is 10.2. The lowest BCUT2D eigenvalue weighted by Crippen LogP contribution is -2.04. The third-order valence-corrected chi connectivity index (χ3v) is 2.60. The molecule has 0 bridgehead atoms. The first-order chi connectivity index (χ1) is 9.00. The Balaban J connectivity index is 2.20. The van der Waals surface area contributed by atoms with Gasteiger partial charge in [0.15, 0.2) is 0 Å². The van der Waals surface area contributed by atoms with E-state index in [-0.39, 0.29) is 0 Å². The summed E-state index contributed by atoms with van der Waals surface area (Å²) < 4.78 is 42.7. The fraction of sp³-hybridized carbons (Fsp3) is 0.143. The predicted octanol–water partition coefficient (Wildman–Crippen LogP) is 3.96. The lowest BCUT2D eigenvalue weighted by molar-refractivity contribution is -0.137. The van der Waals surface area contributed by atoms with Crippen molar-refractivity contribution >= 4 is 0 Å². The largest absolute Gasteiger partial charge is 0.457 e. The summed E-state index contributed by atoms with van der Waals surface area (Å²) in [5, 5.41) is 0. The Morgan fingerprint density at radius 2 is 1.58 bits per heavy atom. The van der Waals surface area contributed by atoms with Gasteiger partial charge in [-0.15, -0.1) is 0 Å². The van der Waals surface area contributed by atoms with E-state index >= 15 is 0 Å². The minimum Gasteiger partial charge on any atom is -0.457 e. The third-order valence-electron chi connectivity index (χ3n) is 2.60. The molecule has 0 radical (unpaired) electrons. The van der Waals surface area contributed by atoms with Crippen LogP contribution in [0.25, 0.3) is 0 Å². The Kier molecular flexibility index (Phi) is 3.76. The van der Waals surface area contributed by atoms with Crippen molar-refractivity contribution in [2.75, 3.05) is 0 Å². The molecule has 0 fully saturated rings. The van der Waals surface area contributed by atoms with E-state index in [1.165, 1.54) is 12.1 Å². The standard InChI is InChI=1S/C14H12F3NO/c15-14(16,17)11-5-7-12(8-6-11)19-13-4-2-1-3-10(13)9-18/h1-8H,9,18H2. The smallest absolute Gasteiger partial charge is 0.416 e. The van der Waals surface area contributed by atoms with Crippen molar-refractivity contribution in [2.24, 2.45) is 5.73 Å². The molecule has 0 saturated heterocycles. The number of benzene rings is 2. The van der Waals surface area contributed by atoms with Gasteiger partial charge in [-0.3, -0.25) is 0 Å². The van der Waals surface area contributed by atoms with Gasteiger partial charge < -0.3 is 10.5 Å². The average molecular weight is 267 g/mol. The molecule has 2 aromatic carbocycles. The molecular weight excluding hydrogens is 255 g/mol. The Labute approximate surface area is 108 Å². The summed E-state index contributed by atoms with van der Waals surface area (Å²) in [5.74, 6) is 0.888. The van der Waals surface area contributed by atoms with Crippen LogP contribution in [0.5, 0.6) is 11.5 Å². The van der Waals surface area contributed by atoms with Crippen LogP contribution in [0.2, 0.25) is 0 Å². The second-order valence-corrected chi connectivity index (χ2v) is 3.94. The van der Waals surface area contributed by atoms with Crippen molar-refractivity contribution < 1.29 is 17.9 Å². The number of halogens is 3. The molecule has 0 saturated carbocycles. The van der Waals surface area contributed by atoms with Gasteiger partial charge in [0.1, 0.15) is 11.5 Å². The van der Waals surface area contributed by atoms with E-state index in [0.29, 0.717) is 18.0 Å². The van der Waals surface area contributed by atoms with Crippen molar-refractivity contribution in [2.45, 2.75) is 12.7 Å². The van der Waals surface area contributed by atoms with Gasteiger partial charge >= 0.3 is 6.18 Å². The van der Waals surface area contributed by atoms with Crippen LogP contribution in [0.4, 0.5) is 13.2 Å². The summed E-state index contributed by atoms with van der Waals surface area (Å²) >= 11 is 0. The highest BCUT2D eigenvalue weighted by Crippen LogP contribution is 2.31. The summed E-state index contributed by atoms with van der Waals surface area (Å²) in [6.07, 6.45) is -4.34. The molecule has 0 aliphatic rings. The highest BCUT2D eigenvalue weighted by molar-refractivity contribution is 5.38. The van der Waals surface area contributed by atoms with E-state index in [1.54, 1.807) is 18.2 Å². The molecule has 0 aliphatic heterocycles. The SMILES string of the molecule is NCc1ccccc1Oc1ccc(C(F)(F)F)cc1. The van der Waals surface area contributed by atoms with Crippen LogP contribution in [0.3, 0.4) is 0 Å². The minimum atomic E-state index is -4.34. The zero-order chi connectivity index (χ0) is 13.9. The molecule has 0 unspecified atom stereocenters. The van der Waals surface area contributed by atoms with E-state index in [1.807, 2.05) is 6.07 Å². The normalized spacial score (nSPS) is 11.4. The zero-order valence-electron chi connectivity index (χ0n) is 9.95. The van der Waals surface area contributed by atoms with E-state index in [9.17, 15) is 13.2 Å². The van der Waals surface area contributed by atoms with Crippen molar-refractivity contribution in [1.82, 2.24) is 0 Å². The Morgan fingerprint density at radius 1 is 0.947 bits per heavy atom. The van der Waals surface area contributed by atoms with Crippen LogP contribution in [-0.2, 0) is 12.7 Å². The molecule has 0 amide bonds. The molecular formula is C14H12F3NO. The van der Waals surface area contributed by atoms with Crippen molar-refractivity contribution in [3.05, 3.63) is 59.7 Å². The summed E-state index contributed by atoms with van der Waals surface area (Å²) in [7, 11) is 0. The van der Waals surface area contributed by atoms with Gasteiger partial charge in [0.25, 0.3) is 0 Å². The van der Waals surface area contributed by atoms with Gasteiger partial charge in [0, 0.05) is 12.1 Å². The van der Waals surface area contributed by atoms with E-state index in [0.717, 1.165) is 17.7 Å². The molecule has 0 atom stereocenters. The van der Waals surface area contributed by atoms with Crippen molar-refractivity contribution in [1.29, 1.82) is 0 Å². The molecule has 0 spiro atoms. The van der Waals surface area contributed by atoms with Gasteiger partial charge in [-0.2, -0.15) is 13.2 Å². The molecule has 19 heavy (non-hydrogen) atoms. The van der Waals surface area contributed by atoms with Crippen LogP contribution in [0.15, 0.2) is 48.5 Å². The first kappa shape index (κ1) is 13.4. The third kappa shape index (κ3) is 3.26. The monoisotopic (exact) mass is 267 g/mol. The molecule has 2 N–H and O–H groups in total. The maximum atomic E-state index is 12.4. The zero-order valence-corrected chi connectivity index (χ0v) is 9.95. The van der Waals surface area contributed by atoms with Crippen LogP contribution < -0.4 is 10.5 Å². The van der Waals surface area contributed by atoms with Crippen LogP contribution >= 0.6 is 0 Å². The van der Waals surface area contributed by atoms with E-state index in [4.69, 9.17) is 10.5 Å². The minimum absolute atomic E-state index is 0.302. The molecule has 100 valence electrons.